The largest absolute Gasteiger partial charge is 0.347 e. The summed E-state index contributed by atoms with van der Waals surface area (Å²) in [6.07, 6.45) is 4.38. The average molecular weight is 359 g/mol. The number of amides is 1. The number of benzene rings is 1. The molecule has 3 aromatic rings. The lowest BCUT2D eigenvalue weighted by Crippen LogP contribution is -2.33. The van der Waals surface area contributed by atoms with Crippen LogP contribution in [0.2, 0.25) is 0 Å². The lowest BCUT2D eigenvalue weighted by Gasteiger charge is -2.29. The summed E-state index contributed by atoms with van der Waals surface area (Å²) < 4.78 is 0. The fourth-order valence-electron chi connectivity index (χ4n) is 3.25. The fourth-order valence-corrected chi connectivity index (χ4v) is 3.25. The maximum Gasteiger partial charge on any atom is 0.270 e. The lowest BCUT2D eigenvalue weighted by molar-refractivity contribution is 0.0945. The van der Waals surface area contributed by atoms with E-state index in [1.54, 1.807) is 18.5 Å². The Morgan fingerprint density at radius 1 is 1.11 bits per heavy atom. The normalized spacial score (nSPS) is 13.1. The zero-order valence-electron chi connectivity index (χ0n) is 15.2. The van der Waals surface area contributed by atoms with Crippen molar-refractivity contribution in [1.29, 1.82) is 0 Å². The van der Waals surface area contributed by atoms with E-state index in [0.717, 1.165) is 30.8 Å². The zero-order valence-corrected chi connectivity index (χ0v) is 15.2. The topological polar surface area (TPSA) is 71.0 Å². The Kier molecular flexibility index (Phi) is 4.78. The van der Waals surface area contributed by atoms with Crippen LogP contribution in [0, 0.1) is 6.92 Å². The molecule has 0 fully saturated rings. The molecule has 1 aliphatic rings. The number of anilines is 1. The van der Waals surface area contributed by atoms with Crippen LogP contribution in [-0.4, -0.2) is 27.4 Å². The molecular weight excluding hydrogens is 338 g/mol. The third-order valence-electron chi connectivity index (χ3n) is 4.69. The van der Waals surface area contributed by atoms with Crippen LogP contribution in [0.4, 0.5) is 5.95 Å². The molecule has 1 aromatic carbocycles. The lowest BCUT2D eigenvalue weighted by atomic mass is 10.0. The molecular formula is C21H21N5O. The predicted octanol–water partition coefficient (Wildman–Crippen LogP) is 2.67. The van der Waals surface area contributed by atoms with Crippen molar-refractivity contribution in [3.63, 3.8) is 0 Å². The van der Waals surface area contributed by atoms with Crippen LogP contribution in [0.3, 0.4) is 0 Å². The number of nitrogens with one attached hydrogen (secondary N) is 1. The second-order valence-corrected chi connectivity index (χ2v) is 6.67. The first-order chi connectivity index (χ1) is 13.2. The second kappa shape index (κ2) is 7.53. The van der Waals surface area contributed by atoms with E-state index in [0.29, 0.717) is 18.2 Å². The van der Waals surface area contributed by atoms with E-state index >= 15 is 0 Å². The van der Waals surface area contributed by atoms with Gasteiger partial charge < -0.3 is 10.2 Å². The van der Waals surface area contributed by atoms with Gasteiger partial charge in [-0.3, -0.25) is 9.78 Å². The summed E-state index contributed by atoms with van der Waals surface area (Å²) in [5, 5.41) is 2.91. The summed E-state index contributed by atoms with van der Waals surface area (Å²) >= 11 is 0. The van der Waals surface area contributed by atoms with Crippen molar-refractivity contribution >= 4 is 11.9 Å². The quantitative estimate of drug-likeness (QED) is 0.775. The molecule has 3 heterocycles. The molecule has 1 aliphatic heterocycles. The van der Waals surface area contributed by atoms with Crippen LogP contribution in [0.15, 0.2) is 54.9 Å². The SMILES string of the molecule is Cc1cc(C(=O)NCc2ccncc2)nc(N2CCc3ccccc3C2)n1. The Morgan fingerprint density at radius 2 is 1.89 bits per heavy atom. The van der Waals surface area contributed by atoms with Gasteiger partial charge in [0.05, 0.1) is 0 Å². The van der Waals surface area contributed by atoms with Gasteiger partial charge in [-0.15, -0.1) is 0 Å². The van der Waals surface area contributed by atoms with Crippen molar-refractivity contribution in [2.45, 2.75) is 26.4 Å². The van der Waals surface area contributed by atoms with Crippen LogP contribution >= 0.6 is 0 Å². The molecule has 136 valence electrons. The molecule has 2 aromatic heterocycles. The van der Waals surface area contributed by atoms with Crippen LogP contribution in [0.1, 0.15) is 32.9 Å². The average Bonchev–Trinajstić information content (AvgIpc) is 2.72. The first-order valence-electron chi connectivity index (χ1n) is 9.03. The van der Waals surface area contributed by atoms with Crippen LogP contribution in [0.5, 0.6) is 0 Å². The Balaban J connectivity index is 1.51. The van der Waals surface area contributed by atoms with Crippen molar-refractivity contribution in [1.82, 2.24) is 20.3 Å². The summed E-state index contributed by atoms with van der Waals surface area (Å²) in [5.74, 6) is 0.412. The van der Waals surface area contributed by atoms with E-state index in [4.69, 9.17) is 0 Å². The Morgan fingerprint density at radius 3 is 2.70 bits per heavy atom. The minimum atomic E-state index is -0.198. The first kappa shape index (κ1) is 17.1. The van der Waals surface area contributed by atoms with Crippen LogP contribution < -0.4 is 10.2 Å². The minimum absolute atomic E-state index is 0.198. The number of aryl methyl sites for hydroxylation is 1. The standard InChI is InChI=1S/C21H21N5O/c1-15-12-19(20(27)23-13-16-6-9-22-10-7-16)25-21(24-15)26-11-8-17-4-2-3-5-18(17)14-26/h2-7,9-10,12H,8,11,13-14H2,1H3,(H,23,27). The van der Waals surface area contributed by atoms with Crippen molar-refractivity contribution in [2.75, 3.05) is 11.4 Å². The van der Waals surface area contributed by atoms with E-state index in [1.165, 1.54) is 11.1 Å². The van der Waals surface area contributed by atoms with Gasteiger partial charge in [-0.2, -0.15) is 0 Å². The van der Waals surface area contributed by atoms with Crippen molar-refractivity contribution < 1.29 is 4.79 Å². The van der Waals surface area contributed by atoms with Crippen molar-refractivity contribution in [3.05, 3.63) is 82.9 Å². The molecule has 6 heteroatoms. The van der Waals surface area contributed by atoms with Gasteiger partial charge in [-0.05, 0) is 48.2 Å². The monoisotopic (exact) mass is 359 g/mol. The molecule has 0 spiro atoms. The number of pyridine rings is 1. The molecule has 4 rings (SSSR count). The molecule has 0 saturated heterocycles. The summed E-state index contributed by atoms with van der Waals surface area (Å²) in [7, 11) is 0. The number of carbonyl (C=O) groups excluding carboxylic acids is 1. The molecule has 0 aliphatic carbocycles. The van der Waals surface area contributed by atoms with E-state index < -0.39 is 0 Å². The Labute approximate surface area is 158 Å². The number of carbonyl (C=O) groups is 1. The molecule has 0 unspecified atom stereocenters. The van der Waals surface area contributed by atoms with Gasteiger partial charge in [-0.1, -0.05) is 24.3 Å². The van der Waals surface area contributed by atoms with Gasteiger partial charge in [0.1, 0.15) is 5.69 Å². The molecule has 1 N–H and O–H groups in total. The summed E-state index contributed by atoms with van der Waals surface area (Å²) in [6, 6.07) is 13.9. The molecule has 0 atom stereocenters. The van der Waals surface area contributed by atoms with Crippen molar-refractivity contribution in [2.24, 2.45) is 0 Å². The highest BCUT2D eigenvalue weighted by molar-refractivity contribution is 5.92. The van der Waals surface area contributed by atoms with E-state index in [-0.39, 0.29) is 5.91 Å². The molecule has 0 radical (unpaired) electrons. The Bertz CT molecular complexity index is 958. The smallest absolute Gasteiger partial charge is 0.270 e. The third kappa shape index (κ3) is 3.95. The summed E-state index contributed by atoms with van der Waals surface area (Å²) in [6.45, 7) is 3.94. The van der Waals surface area contributed by atoms with Gasteiger partial charge in [0.15, 0.2) is 0 Å². The molecule has 6 nitrogen and oxygen atoms in total. The number of hydrogen-bond acceptors (Lipinski definition) is 5. The minimum Gasteiger partial charge on any atom is -0.347 e. The maximum atomic E-state index is 12.6. The van der Waals surface area contributed by atoms with E-state index in [9.17, 15) is 4.79 Å². The summed E-state index contributed by atoms with van der Waals surface area (Å²) in [4.78, 5) is 27.8. The predicted molar refractivity (Wildman–Crippen MR) is 103 cm³/mol. The highest BCUT2D eigenvalue weighted by Gasteiger charge is 2.20. The first-order valence-corrected chi connectivity index (χ1v) is 9.03. The van der Waals surface area contributed by atoms with E-state index in [1.807, 2.05) is 19.1 Å². The van der Waals surface area contributed by atoms with Gasteiger partial charge >= 0.3 is 0 Å². The molecule has 27 heavy (non-hydrogen) atoms. The van der Waals surface area contributed by atoms with Gasteiger partial charge in [0, 0.05) is 37.7 Å². The highest BCUT2D eigenvalue weighted by Crippen LogP contribution is 2.22. The number of nitrogens with zero attached hydrogens (tertiary/aromatic N) is 4. The highest BCUT2D eigenvalue weighted by atomic mass is 16.1. The Hall–Kier alpha value is -3.28. The second-order valence-electron chi connectivity index (χ2n) is 6.67. The number of fused-ring (bicyclic) bond motifs is 1. The number of hydrogen-bond donors (Lipinski definition) is 1. The molecule has 0 saturated carbocycles. The molecule has 0 bridgehead atoms. The number of rotatable bonds is 4. The van der Waals surface area contributed by atoms with Crippen LogP contribution in [0.25, 0.3) is 0 Å². The number of aromatic nitrogens is 3. The van der Waals surface area contributed by atoms with Gasteiger partial charge in [-0.25, -0.2) is 9.97 Å². The summed E-state index contributed by atoms with van der Waals surface area (Å²) in [5.41, 5.74) is 4.84. The van der Waals surface area contributed by atoms with E-state index in [2.05, 4.69) is 49.4 Å². The van der Waals surface area contributed by atoms with Crippen molar-refractivity contribution in [3.8, 4) is 0 Å². The fraction of sp³-hybridized carbons (Fsp3) is 0.238. The molecule has 1 amide bonds. The van der Waals surface area contributed by atoms with Crippen LogP contribution in [-0.2, 0) is 19.5 Å². The third-order valence-corrected chi connectivity index (χ3v) is 4.69. The maximum absolute atomic E-state index is 12.6. The zero-order chi connectivity index (χ0) is 18.6. The van der Waals surface area contributed by atoms with Gasteiger partial charge in [0.2, 0.25) is 5.95 Å². The van der Waals surface area contributed by atoms with Gasteiger partial charge in [0.25, 0.3) is 5.91 Å².